The summed E-state index contributed by atoms with van der Waals surface area (Å²) >= 11 is 0. The van der Waals surface area contributed by atoms with Gasteiger partial charge in [-0.2, -0.15) is 0 Å². The van der Waals surface area contributed by atoms with Gasteiger partial charge >= 0.3 is 0 Å². The summed E-state index contributed by atoms with van der Waals surface area (Å²) in [6.45, 7) is 0. The lowest BCUT2D eigenvalue weighted by Gasteiger charge is -2.16. The molecule has 0 aliphatic heterocycles. The van der Waals surface area contributed by atoms with Crippen LogP contribution in [0.2, 0.25) is 0 Å². The van der Waals surface area contributed by atoms with Gasteiger partial charge in [-0.1, -0.05) is 158 Å². The van der Waals surface area contributed by atoms with Crippen LogP contribution in [0.4, 0.5) is 0 Å². The predicted octanol–water partition coefficient (Wildman–Crippen LogP) is 12.2. The molecule has 52 heavy (non-hydrogen) atoms. The van der Waals surface area contributed by atoms with E-state index in [1.165, 1.54) is 10.8 Å². The number of nitrogens with zero attached hydrogens (tertiary/aromatic N) is 4. The average Bonchev–Trinajstić information content (AvgIpc) is 3.23. The van der Waals surface area contributed by atoms with Crippen LogP contribution in [0.5, 0.6) is 0 Å². The first-order chi connectivity index (χ1) is 25.8. The fraction of sp³-hybridized carbons (Fsp3) is 0. The third kappa shape index (κ3) is 5.09. The van der Waals surface area contributed by atoms with Gasteiger partial charge < -0.3 is 0 Å². The lowest BCUT2D eigenvalue weighted by molar-refractivity contribution is 1.08. The molecule has 0 bridgehead atoms. The third-order valence-electron chi connectivity index (χ3n) is 9.96. The smallest absolute Gasteiger partial charge is 0.164 e. The Balaban J connectivity index is 1.25. The first-order valence-electron chi connectivity index (χ1n) is 17.5. The first-order valence-corrected chi connectivity index (χ1v) is 17.5. The van der Waals surface area contributed by atoms with Crippen molar-refractivity contribution in [1.82, 2.24) is 19.9 Å². The minimum atomic E-state index is 0.616. The molecular weight excluding hydrogens is 633 g/mol. The molecule has 0 saturated carbocycles. The highest BCUT2D eigenvalue weighted by molar-refractivity contribution is 6.19. The standard InChI is InChI=1S/C48H30N4/c1-3-13-31(14-4-1)37-26-25-35(29-42(37)38-23-11-18-32-15-7-8-20-36(32)38)47-50-46(34-16-5-2-6-17-34)51-48(52-47)44-30-43-41(39-21-9-10-22-40(39)44)27-24-33-19-12-28-49-45(33)43/h1-30H. The van der Waals surface area contributed by atoms with E-state index in [9.17, 15) is 0 Å². The largest absolute Gasteiger partial charge is 0.256 e. The number of pyridine rings is 1. The highest BCUT2D eigenvalue weighted by Gasteiger charge is 2.19. The lowest BCUT2D eigenvalue weighted by atomic mass is 9.90. The van der Waals surface area contributed by atoms with Crippen molar-refractivity contribution in [3.8, 4) is 56.4 Å². The fourth-order valence-corrected chi connectivity index (χ4v) is 7.49. The van der Waals surface area contributed by atoms with Crippen LogP contribution in [-0.4, -0.2) is 19.9 Å². The van der Waals surface area contributed by atoms with E-state index in [1.54, 1.807) is 0 Å². The van der Waals surface area contributed by atoms with Crippen LogP contribution < -0.4 is 0 Å². The summed E-state index contributed by atoms with van der Waals surface area (Å²) in [4.78, 5) is 20.5. The van der Waals surface area contributed by atoms with Crippen molar-refractivity contribution in [2.45, 2.75) is 0 Å². The van der Waals surface area contributed by atoms with Crippen LogP contribution in [0.1, 0.15) is 0 Å². The maximum Gasteiger partial charge on any atom is 0.164 e. The van der Waals surface area contributed by atoms with Gasteiger partial charge in [0.1, 0.15) is 0 Å². The number of hydrogen-bond acceptors (Lipinski definition) is 4. The molecule has 10 rings (SSSR count). The van der Waals surface area contributed by atoms with Gasteiger partial charge in [-0.15, -0.1) is 0 Å². The molecule has 4 nitrogen and oxygen atoms in total. The van der Waals surface area contributed by atoms with Crippen LogP contribution in [0.3, 0.4) is 0 Å². The summed E-state index contributed by atoms with van der Waals surface area (Å²) in [5.74, 6) is 1.86. The van der Waals surface area contributed by atoms with Crippen LogP contribution in [0.15, 0.2) is 182 Å². The Labute approximate surface area is 300 Å². The Bertz CT molecular complexity index is 2950. The quantitative estimate of drug-likeness (QED) is 0.172. The molecule has 2 aromatic heterocycles. The van der Waals surface area contributed by atoms with Gasteiger partial charge in [0.25, 0.3) is 0 Å². The number of fused-ring (bicyclic) bond motifs is 6. The van der Waals surface area contributed by atoms with E-state index in [1.807, 2.05) is 30.5 Å². The van der Waals surface area contributed by atoms with E-state index < -0.39 is 0 Å². The molecule has 10 aromatic rings. The van der Waals surface area contributed by atoms with Gasteiger partial charge in [0, 0.05) is 33.7 Å². The molecule has 0 atom stereocenters. The monoisotopic (exact) mass is 662 g/mol. The maximum atomic E-state index is 5.29. The number of benzene rings is 8. The van der Waals surface area contributed by atoms with Crippen LogP contribution >= 0.6 is 0 Å². The lowest BCUT2D eigenvalue weighted by Crippen LogP contribution is -2.01. The molecule has 8 aromatic carbocycles. The Morgan fingerprint density at radius 2 is 0.923 bits per heavy atom. The summed E-state index contributed by atoms with van der Waals surface area (Å²) in [6.07, 6.45) is 1.86. The highest BCUT2D eigenvalue weighted by atomic mass is 15.0. The zero-order chi connectivity index (χ0) is 34.4. The summed E-state index contributed by atoms with van der Waals surface area (Å²) in [7, 11) is 0. The van der Waals surface area contributed by atoms with Gasteiger partial charge in [0.05, 0.1) is 5.52 Å². The number of aromatic nitrogens is 4. The molecule has 0 radical (unpaired) electrons. The van der Waals surface area contributed by atoms with Crippen molar-refractivity contribution < 1.29 is 0 Å². The molecule has 0 N–H and O–H groups in total. The first kappa shape index (κ1) is 29.8. The maximum absolute atomic E-state index is 5.29. The second-order valence-electron chi connectivity index (χ2n) is 13.0. The van der Waals surface area contributed by atoms with E-state index in [4.69, 9.17) is 19.9 Å². The van der Waals surface area contributed by atoms with E-state index in [-0.39, 0.29) is 0 Å². The van der Waals surface area contributed by atoms with Gasteiger partial charge in [-0.25, -0.2) is 15.0 Å². The van der Waals surface area contributed by atoms with Gasteiger partial charge in [0.2, 0.25) is 0 Å². The molecule has 0 spiro atoms. The van der Waals surface area contributed by atoms with E-state index in [0.717, 1.165) is 71.4 Å². The minimum Gasteiger partial charge on any atom is -0.256 e. The third-order valence-corrected chi connectivity index (χ3v) is 9.96. The number of hydrogen-bond donors (Lipinski definition) is 0. The minimum absolute atomic E-state index is 0.616. The van der Waals surface area contributed by atoms with Gasteiger partial charge in [-0.3, -0.25) is 4.98 Å². The van der Waals surface area contributed by atoms with E-state index in [0.29, 0.717) is 17.5 Å². The molecule has 0 unspecified atom stereocenters. The highest BCUT2D eigenvalue weighted by Crippen LogP contribution is 2.40. The van der Waals surface area contributed by atoms with Crippen LogP contribution in [-0.2, 0) is 0 Å². The molecular formula is C48H30N4. The predicted molar refractivity (Wildman–Crippen MR) is 215 cm³/mol. The molecule has 4 heteroatoms. The Hall–Kier alpha value is -7.04. The zero-order valence-electron chi connectivity index (χ0n) is 28.1. The molecule has 0 saturated heterocycles. The summed E-state index contributed by atoms with van der Waals surface area (Å²) in [6, 6.07) is 61.6. The molecule has 0 aliphatic carbocycles. The molecule has 0 fully saturated rings. The topological polar surface area (TPSA) is 51.6 Å². The molecule has 0 amide bonds. The molecule has 2 heterocycles. The number of rotatable bonds is 5. The van der Waals surface area contributed by atoms with Crippen molar-refractivity contribution in [2.24, 2.45) is 0 Å². The van der Waals surface area contributed by atoms with Crippen molar-refractivity contribution >= 4 is 43.2 Å². The second kappa shape index (κ2) is 12.4. The zero-order valence-corrected chi connectivity index (χ0v) is 28.1. The van der Waals surface area contributed by atoms with Gasteiger partial charge in [-0.05, 0) is 67.4 Å². The van der Waals surface area contributed by atoms with Crippen LogP contribution in [0, 0.1) is 0 Å². The van der Waals surface area contributed by atoms with Gasteiger partial charge in [0.15, 0.2) is 17.5 Å². The summed E-state index contributed by atoms with van der Waals surface area (Å²) in [5.41, 5.74) is 8.34. The fourth-order valence-electron chi connectivity index (χ4n) is 7.49. The van der Waals surface area contributed by atoms with Crippen molar-refractivity contribution in [3.05, 3.63) is 182 Å². The van der Waals surface area contributed by atoms with Crippen LogP contribution in [0.25, 0.3) is 99.6 Å². The second-order valence-corrected chi connectivity index (χ2v) is 13.0. The van der Waals surface area contributed by atoms with Crippen molar-refractivity contribution in [3.63, 3.8) is 0 Å². The average molecular weight is 663 g/mol. The molecule has 0 aliphatic rings. The van der Waals surface area contributed by atoms with Crippen molar-refractivity contribution in [1.29, 1.82) is 0 Å². The molecule has 242 valence electrons. The van der Waals surface area contributed by atoms with E-state index >= 15 is 0 Å². The Morgan fingerprint density at radius 1 is 0.288 bits per heavy atom. The summed E-state index contributed by atoms with van der Waals surface area (Å²) < 4.78 is 0. The summed E-state index contributed by atoms with van der Waals surface area (Å²) in [5, 5.41) is 7.93. The Morgan fingerprint density at radius 3 is 1.75 bits per heavy atom. The Kier molecular flexibility index (Phi) is 7.10. The SMILES string of the molecule is c1ccc(-c2nc(-c3ccc(-c4ccccc4)c(-c4cccc5ccccc45)c3)nc(-c3cc4c(ccc5cccnc54)c4ccccc34)n2)cc1. The van der Waals surface area contributed by atoms with E-state index in [2.05, 4.69) is 152 Å². The van der Waals surface area contributed by atoms with Crippen molar-refractivity contribution in [2.75, 3.05) is 0 Å². The normalized spacial score (nSPS) is 11.5.